The van der Waals surface area contributed by atoms with Crippen LogP contribution in [-0.4, -0.2) is 11.5 Å². The fraction of sp³-hybridized carbons (Fsp3) is 0.364. The second-order valence-corrected chi connectivity index (χ2v) is 3.64. The highest BCUT2D eigenvalue weighted by atomic mass is 19.4. The largest absolute Gasteiger partial charge is 0.433 e. The maximum atomic E-state index is 12.3. The Morgan fingerprint density at radius 3 is 2.50 bits per heavy atom. The lowest BCUT2D eigenvalue weighted by molar-refractivity contribution is -0.141. The molecule has 88 valence electrons. The van der Waals surface area contributed by atoms with Crippen LogP contribution in [0.3, 0.4) is 0 Å². The summed E-state index contributed by atoms with van der Waals surface area (Å²) < 4.78 is 36.9. The van der Waals surface area contributed by atoms with Crippen molar-refractivity contribution in [2.75, 3.05) is 11.9 Å². The molecule has 1 aromatic heterocycles. The van der Waals surface area contributed by atoms with E-state index < -0.39 is 11.9 Å². The number of aryl methyl sites for hydroxylation is 1. The molecule has 2 nitrogen and oxygen atoms in total. The molecule has 0 amide bonds. The van der Waals surface area contributed by atoms with Gasteiger partial charge in [-0.15, -0.1) is 0 Å². The van der Waals surface area contributed by atoms with Crippen LogP contribution >= 0.6 is 0 Å². The zero-order valence-electron chi connectivity index (χ0n) is 9.15. The van der Waals surface area contributed by atoms with E-state index in [1.54, 1.807) is 0 Å². The van der Waals surface area contributed by atoms with Gasteiger partial charge in [0.15, 0.2) is 0 Å². The second kappa shape index (κ2) is 4.55. The van der Waals surface area contributed by atoms with Crippen LogP contribution in [0.4, 0.5) is 18.9 Å². The number of nitrogens with zero attached hydrogens (tertiary/aromatic N) is 1. The Kier molecular flexibility index (Phi) is 3.57. The first kappa shape index (κ1) is 12.5. The quantitative estimate of drug-likeness (QED) is 0.805. The Labute approximate surface area is 92.2 Å². The van der Waals surface area contributed by atoms with Crippen molar-refractivity contribution in [3.63, 3.8) is 0 Å². The maximum Gasteiger partial charge on any atom is 0.433 e. The lowest BCUT2D eigenvalue weighted by Crippen LogP contribution is -2.11. The van der Waals surface area contributed by atoms with Gasteiger partial charge in [0.2, 0.25) is 0 Å². The molecule has 1 rings (SSSR count). The molecular weight excluding hydrogens is 217 g/mol. The summed E-state index contributed by atoms with van der Waals surface area (Å²) in [6.07, 6.45) is -4.39. The topological polar surface area (TPSA) is 24.9 Å². The molecule has 1 N–H and O–H groups in total. The van der Waals surface area contributed by atoms with E-state index in [1.165, 1.54) is 13.0 Å². The number of alkyl halides is 3. The average molecular weight is 230 g/mol. The molecule has 0 aliphatic rings. The molecule has 1 heterocycles. The first-order chi connectivity index (χ1) is 7.30. The van der Waals surface area contributed by atoms with E-state index >= 15 is 0 Å². The van der Waals surface area contributed by atoms with E-state index in [1.807, 2.05) is 6.92 Å². The molecule has 0 aliphatic heterocycles. The predicted octanol–water partition coefficient (Wildman–Crippen LogP) is 3.40. The van der Waals surface area contributed by atoms with Gasteiger partial charge in [0.1, 0.15) is 5.69 Å². The number of halogens is 3. The number of hydrogen-bond donors (Lipinski definition) is 1. The highest BCUT2D eigenvalue weighted by Crippen LogP contribution is 2.29. The molecule has 0 aliphatic carbocycles. The summed E-state index contributed by atoms with van der Waals surface area (Å²) in [5.74, 6) is 0. The van der Waals surface area contributed by atoms with Crippen LogP contribution < -0.4 is 5.32 Å². The van der Waals surface area contributed by atoms with E-state index in [2.05, 4.69) is 16.9 Å². The monoisotopic (exact) mass is 230 g/mol. The van der Waals surface area contributed by atoms with Crippen molar-refractivity contribution in [3.8, 4) is 0 Å². The SMILES string of the molecule is C=C(C)CNc1ccc(C(F)(F)F)nc1C. The van der Waals surface area contributed by atoms with Crippen molar-refractivity contribution in [3.05, 3.63) is 35.7 Å². The molecule has 0 unspecified atom stereocenters. The van der Waals surface area contributed by atoms with Crippen LogP contribution in [0.5, 0.6) is 0 Å². The van der Waals surface area contributed by atoms with Crippen LogP contribution in [0.25, 0.3) is 0 Å². The summed E-state index contributed by atoms with van der Waals surface area (Å²) in [5, 5.41) is 2.96. The molecule has 0 spiro atoms. The minimum atomic E-state index is -4.39. The van der Waals surface area contributed by atoms with Crippen LogP contribution in [0.15, 0.2) is 24.3 Å². The molecule has 0 radical (unpaired) electrons. The Hall–Kier alpha value is -1.52. The van der Waals surface area contributed by atoms with Gasteiger partial charge in [-0.25, -0.2) is 4.98 Å². The van der Waals surface area contributed by atoms with Gasteiger partial charge in [0.25, 0.3) is 0 Å². The Bertz CT molecular complexity index is 397. The zero-order chi connectivity index (χ0) is 12.3. The first-order valence-corrected chi connectivity index (χ1v) is 4.74. The van der Waals surface area contributed by atoms with E-state index in [4.69, 9.17) is 0 Å². The second-order valence-electron chi connectivity index (χ2n) is 3.64. The van der Waals surface area contributed by atoms with Crippen molar-refractivity contribution in [1.82, 2.24) is 4.98 Å². The van der Waals surface area contributed by atoms with Crippen molar-refractivity contribution < 1.29 is 13.2 Å². The third-order valence-electron chi connectivity index (χ3n) is 1.96. The fourth-order valence-electron chi connectivity index (χ4n) is 1.15. The van der Waals surface area contributed by atoms with E-state index in [-0.39, 0.29) is 0 Å². The average Bonchev–Trinajstić information content (AvgIpc) is 2.14. The van der Waals surface area contributed by atoms with Gasteiger partial charge < -0.3 is 5.32 Å². The molecule has 16 heavy (non-hydrogen) atoms. The van der Waals surface area contributed by atoms with Crippen LogP contribution in [0.2, 0.25) is 0 Å². The molecular formula is C11H13F3N2. The molecule has 0 saturated heterocycles. The standard InChI is InChI=1S/C11H13F3N2/c1-7(2)6-15-9-4-5-10(11(12,13)14)16-8(9)3/h4-5,15H,1,6H2,2-3H3. The van der Waals surface area contributed by atoms with Crippen LogP contribution in [0.1, 0.15) is 18.3 Å². The molecule has 0 aromatic carbocycles. The number of hydrogen-bond acceptors (Lipinski definition) is 2. The Balaban J connectivity index is 2.88. The Morgan fingerprint density at radius 1 is 1.44 bits per heavy atom. The minimum Gasteiger partial charge on any atom is -0.380 e. The first-order valence-electron chi connectivity index (χ1n) is 4.74. The van der Waals surface area contributed by atoms with E-state index in [0.717, 1.165) is 11.6 Å². The van der Waals surface area contributed by atoms with Gasteiger partial charge in [0, 0.05) is 6.54 Å². The smallest absolute Gasteiger partial charge is 0.380 e. The molecule has 1 aromatic rings. The molecule has 0 saturated carbocycles. The number of aromatic nitrogens is 1. The van der Waals surface area contributed by atoms with Gasteiger partial charge in [-0.2, -0.15) is 13.2 Å². The van der Waals surface area contributed by atoms with Crippen LogP contribution in [-0.2, 0) is 6.18 Å². The maximum absolute atomic E-state index is 12.3. The number of rotatable bonds is 3. The lowest BCUT2D eigenvalue weighted by Gasteiger charge is -2.11. The Morgan fingerprint density at radius 2 is 2.06 bits per heavy atom. The summed E-state index contributed by atoms with van der Waals surface area (Å²) in [5.41, 5.74) is 0.956. The number of nitrogens with one attached hydrogen (secondary N) is 1. The number of anilines is 1. The summed E-state index contributed by atoms with van der Waals surface area (Å²) in [6, 6.07) is 2.35. The molecule has 0 bridgehead atoms. The zero-order valence-corrected chi connectivity index (χ0v) is 9.15. The highest BCUT2D eigenvalue weighted by molar-refractivity contribution is 5.48. The molecule has 5 heteroatoms. The number of pyridine rings is 1. The third kappa shape index (κ3) is 3.25. The highest BCUT2D eigenvalue weighted by Gasteiger charge is 2.32. The molecule has 0 fully saturated rings. The minimum absolute atomic E-state index is 0.330. The molecule has 0 atom stereocenters. The lowest BCUT2D eigenvalue weighted by atomic mass is 10.2. The predicted molar refractivity (Wildman–Crippen MR) is 57.3 cm³/mol. The van der Waals surface area contributed by atoms with Gasteiger partial charge in [-0.05, 0) is 26.0 Å². The summed E-state index contributed by atoms with van der Waals surface area (Å²) >= 11 is 0. The van der Waals surface area contributed by atoms with Crippen molar-refractivity contribution in [1.29, 1.82) is 0 Å². The van der Waals surface area contributed by atoms with Crippen molar-refractivity contribution in [2.24, 2.45) is 0 Å². The van der Waals surface area contributed by atoms with Gasteiger partial charge in [-0.3, -0.25) is 0 Å². The summed E-state index contributed by atoms with van der Waals surface area (Å²) in [7, 11) is 0. The van der Waals surface area contributed by atoms with Crippen molar-refractivity contribution in [2.45, 2.75) is 20.0 Å². The van der Waals surface area contributed by atoms with Gasteiger partial charge in [0.05, 0.1) is 11.4 Å². The van der Waals surface area contributed by atoms with E-state index in [9.17, 15) is 13.2 Å². The summed E-state index contributed by atoms with van der Waals surface area (Å²) in [6.45, 7) is 7.59. The van der Waals surface area contributed by atoms with Crippen molar-refractivity contribution >= 4 is 5.69 Å². The van der Waals surface area contributed by atoms with Gasteiger partial charge in [-0.1, -0.05) is 12.2 Å². The normalized spacial score (nSPS) is 11.3. The summed E-state index contributed by atoms with van der Waals surface area (Å²) in [4.78, 5) is 3.51. The van der Waals surface area contributed by atoms with Gasteiger partial charge >= 0.3 is 6.18 Å². The van der Waals surface area contributed by atoms with Crippen LogP contribution in [0, 0.1) is 6.92 Å². The van der Waals surface area contributed by atoms with E-state index in [0.29, 0.717) is 17.9 Å². The third-order valence-corrected chi connectivity index (χ3v) is 1.96. The fourth-order valence-corrected chi connectivity index (χ4v) is 1.15.